The summed E-state index contributed by atoms with van der Waals surface area (Å²) in [6.07, 6.45) is 3.89. The van der Waals surface area contributed by atoms with Crippen molar-refractivity contribution in [1.29, 1.82) is 0 Å². The van der Waals surface area contributed by atoms with Crippen LogP contribution in [0.5, 0.6) is 0 Å². The van der Waals surface area contributed by atoms with Gasteiger partial charge in [-0.05, 0) is 30.7 Å². The predicted molar refractivity (Wildman–Crippen MR) is 84.8 cm³/mol. The molecule has 1 unspecified atom stereocenters. The fraction of sp³-hybridized carbons (Fsp3) is 0.533. The average molecular weight is 309 g/mol. The van der Waals surface area contributed by atoms with E-state index in [4.69, 9.17) is 5.11 Å². The van der Waals surface area contributed by atoms with Crippen LogP contribution in [0.4, 0.5) is 0 Å². The third-order valence-electron chi connectivity index (χ3n) is 3.02. The van der Waals surface area contributed by atoms with Crippen molar-refractivity contribution < 1.29 is 9.90 Å². The molecular weight excluding hydrogens is 290 g/mol. The van der Waals surface area contributed by atoms with Gasteiger partial charge in [0.25, 0.3) is 0 Å². The number of amides is 1. The van der Waals surface area contributed by atoms with Crippen molar-refractivity contribution in [2.24, 2.45) is 0 Å². The number of hydrogen-bond acceptors (Lipinski definition) is 4. The minimum Gasteiger partial charge on any atom is -0.395 e. The van der Waals surface area contributed by atoms with Gasteiger partial charge in [-0.15, -0.1) is 23.1 Å². The number of hydrogen-bond donors (Lipinski definition) is 2. The monoisotopic (exact) mass is 309 g/mol. The van der Waals surface area contributed by atoms with Gasteiger partial charge in [0, 0.05) is 11.3 Å². The van der Waals surface area contributed by atoms with Gasteiger partial charge in [0.05, 0.1) is 23.3 Å². The summed E-state index contributed by atoms with van der Waals surface area (Å²) in [6.45, 7) is 0.683. The Balaban J connectivity index is 1.79. The molecule has 0 bridgehead atoms. The highest BCUT2D eigenvalue weighted by Crippen LogP contribution is 2.25. The number of aliphatic hydroxyl groups excluding tert-OH is 1. The molecule has 0 aliphatic carbocycles. The van der Waals surface area contributed by atoms with E-state index in [0.29, 0.717) is 13.0 Å². The van der Waals surface area contributed by atoms with Crippen LogP contribution in [0.2, 0.25) is 0 Å². The second-order valence-corrected chi connectivity index (χ2v) is 7.09. The van der Waals surface area contributed by atoms with Gasteiger partial charge < -0.3 is 10.4 Å². The lowest BCUT2D eigenvalue weighted by Crippen LogP contribution is -2.33. The van der Waals surface area contributed by atoms with Crippen molar-refractivity contribution in [2.45, 2.75) is 37.5 Å². The summed E-state index contributed by atoms with van der Waals surface area (Å²) in [5.41, 5.74) is 0. The third-order valence-corrected chi connectivity index (χ3v) is 5.40. The Kier molecular flexibility index (Phi) is 6.44. The number of carbonyl (C=O) groups excluding carboxylic acids is 1. The Labute approximate surface area is 128 Å². The maximum atomic E-state index is 12.0. The molecule has 3 nitrogen and oxygen atoms in total. The van der Waals surface area contributed by atoms with E-state index in [-0.39, 0.29) is 17.8 Å². The minimum absolute atomic E-state index is 0.0976. The summed E-state index contributed by atoms with van der Waals surface area (Å²) in [6, 6.07) is 3.97. The van der Waals surface area contributed by atoms with Crippen molar-refractivity contribution in [3.63, 3.8) is 0 Å². The number of aliphatic hydroxyl groups is 1. The predicted octanol–water partition coefficient (Wildman–Crippen LogP) is 2.38. The van der Waals surface area contributed by atoms with Gasteiger partial charge in [0.1, 0.15) is 0 Å². The first-order valence-electron chi connectivity index (χ1n) is 6.87. The van der Waals surface area contributed by atoms with Crippen LogP contribution in [-0.2, 0) is 11.3 Å². The van der Waals surface area contributed by atoms with Crippen molar-refractivity contribution in [3.05, 3.63) is 21.9 Å². The van der Waals surface area contributed by atoms with Gasteiger partial charge in [0.2, 0.25) is 5.91 Å². The van der Waals surface area contributed by atoms with Gasteiger partial charge in [0.15, 0.2) is 0 Å². The molecule has 1 aromatic heterocycles. The normalized spacial score (nSPS) is 18.1. The largest absolute Gasteiger partial charge is 0.395 e. The van der Waals surface area contributed by atoms with Gasteiger partial charge >= 0.3 is 0 Å². The molecule has 0 radical (unpaired) electrons. The molecule has 1 aliphatic rings. The van der Waals surface area contributed by atoms with Crippen LogP contribution in [-0.4, -0.2) is 28.6 Å². The molecule has 2 heterocycles. The van der Waals surface area contributed by atoms with Gasteiger partial charge in [-0.25, -0.2) is 0 Å². The van der Waals surface area contributed by atoms with Crippen LogP contribution in [0.1, 0.15) is 35.4 Å². The molecule has 5 heteroatoms. The van der Waals surface area contributed by atoms with Crippen molar-refractivity contribution in [1.82, 2.24) is 5.32 Å². The second kappa shape index (κ2) is 8.35. The van der Waals surface area contributed by atoms with Crippen LogP contribution >= 0.6 is 23.1 Å². The van der Waals surface area contributed by atoms with Crippen molar-refractivity contribution in [3.8, 4) is 11.8 Å². The summed E-state index contributed by atoms with van der Waals surface area (Å²) in [7, 11) is 0. The second-order valence-electron chi connectivity index (χ2n) is 4.61. The number of thiophene rings is 1. The molecule has 1 saturated heterocycles. The topological polar surface area (TPSA) is 49.3 Å². The maximum Gasteiger partial charge on any atom is 0.233 e. The first-order chi connectivity index (χ1) is 9.79. The Bertz CT molecular complexity index is 495. The first kappa shape index (κ1) is 15.4. The van der Waals surface area contributed by atoms with E-state index in [1.807, 2.05) is 12.1 Å². The van der Waals surface area contributed by atoms with Crippen LogP contribution < -0.4 is 5.32 Å². The summed E-state index contributed by atoms with van der Waals surface area (Å²) >= 11 is 3.37. The smallest absolute Gasteiger partial charge is 0.233 e. The summed E-state index contributed by atoms with van der Waals surface area (Å²) < 4.78 is 0. The molecule has 0 aromatic carbocycles. The summed E-state index contributed by atoms with van der Waals surface area (Å²) in [4.78, 5) is 14.1. The zero-order valence-electron chi connectivity index (χ0n) is 11.4. The SMILES string of the molecule is O=C(NCc1ccc(C#CCCO)s1)C1CCCCS1. The van der Waals surface area contributed by atoms with Crippen molar-refractivity contribution in [2.75, 3.05) is 12.4 Å². The lowest BCUT2D eigenvalue weighted by atomic mass is 10.2. The molecule has 108 valence electrons. The molecule has 2 N–H and O–H groups in total. The van der Waals surface area contributed by atoms with Gasteiger partial charge in [-0.3, -0.25) is 4.79 Å². The van der Waals surface area contributed by atoms with Gasteiger partial charge in [-0.2, -0.15) is 0 Å². The molecular formula is C15H19NO2S2. The molecule has 20 heavy (non-hydrogen) atoms. The van der Waals surface area contributed by atoms with E-state index >= 15 is 0 Å². The van der Waals surface area contributed by atoms with Crippen molar-refractivity contribution >= 4 is 29.0 Å². The van der Waals surface area contributed by atoms with Crippen LogP contribution in [0.25, 0.3) is 0 Å². The highest BCUT2D eigenvalue weighted by molar-refractivity contribution is 8.00. The number of carbonyl (C=O) groups is 1. The summed E-state index contributed by atoms with van der Waals surface area (Å²) in [5, 5.41) is 11.8. The quantitative estimate of drug-likeness (QED) is 0.840. The summed E-state index contributed by atoms with van der Waals surface area (Å²) in [5.74, 6) is 7.17. The Morgan fingerprint density at radius 1 is 1.45 bits per heavy atom. The lowest BCUT2D eigenvalue weighted by Gasteiger charge is -2.20. The average Bonchev–Trinajstić information content (AvgIpc) is 2.94. The fourth-order valence-electron chi connectivity index (χ4n) is 1.98. The van der Waals surface area contributed by atoms with E-state index in [2.05, 4.69) is 17.2 Å². The minimum atomic E-state index is 0.0976. The van der Waals surface area contributed by atoms with Crippen LogP contribution in [0, 0.1) is 11.8 Å². The van der Waals surface area contributed by atoms with Gasteiger partial charge in [-0.1, -0.05) is 18.3 Å². The highest BCUT2D eigenvalue weighted by atomic mass is 32.2. The highest BCUT2D eigenvalue weighted by Gasteiger charge is 2.21. The van der Waals surface area contributed by atoms with Crippen LogP contribution in [0.3, 0.4) is 0 Å². The van der Waals surface area contributed by atoms with E-state index in [1.54, 1.807) is 23.1 Å². The number of thioether (sulfide) groups is 1. The Morgan fingerprint density at radius 2 is 2.35 bits per heavy atom. The molecule has 1 amide bonds. The molecule has 2 rings (SSSR count). The molecule has 1 fully saturated rings. The maximum absolute atomic E-state index is 12.0. The molecule has 0 saturated carbocycles. The van der Waals surface area contributed by atoms with E-state index in [0.717, 1.165) is 28.3 Å². The Morgan fingerprint density at radius 3 is 3.10 bits per heavy atom. The van der Waals surface area contributed by atoms with E-state index < -0.39 is 0 Å². The van der Waals surface area contributed by atoms with E-state index in [9.17, 15) is 4.79 Å². The molecule has 0 spiro atoms. The molecule has 1 aliphatic heterocycles. The zero-order valence-corrected chi connectivity index (χ0v) is 13.0. The number of rotatable bonds is 4. The fourth-order valence-corrected chi connectivity index (χ4v) is 4.03. The lowest BCUT2D eigenvalue weighted by molar-refractivity contribution is -0.120. The molecule has 1 aromatic rings. The standard InChI is InChI=1S/C15H19NO2S2/c17-9-3-1-5-12-7-8-13(20-12)11-16-15(18)14-6-2-4-10-19-14/h7-8,14,17H,2-4,6,9-11H2,(H,16,18). The third kappa shape index (κ3) is 4.86. The zero-order chi connectivity index (χ0) is 14.2. The molecule has 1 atom stereocenters. The van der Waals surface area contributed by atoms with E-state index in [1.165, 1.54) is 6.42 Å². The Hall–Kier alpha value is -0.960. The number of nitrogens with one attached hydrogen (secondary N) is 1. The first-order valence-corrected chi connectivity index (χ1v) is 8.74. The van der Waals surface area contributed by atoms with Crippen LogP contribution in [0.15, 0.2) is 12.1 Å².